The van der Waals surface area contributed by atoms with E-state index in [-0.39, 0.29) is 0 Å². The summed E-state index contributed by atoms with van der Waals surface area (Å²) in [4.78, 5) is 0. The Hall–Kier alpha value is -0.470. The van der Waals surface area contributed by atoms with E-state index in [2.05, 4.69) is 69.0 Å². The van der Waals surface area contributed by atoms with Crippen LogP contribution in [-0.4, -0.2) is 17.5 Å². The number of hydrogen-bond acceptors (Lipinski definition) is 2. The van der Waals surface area contributed by atoms with Crippen molar-refractivity contribution in [1.29, 1.82) is 0 Å². The normalized spacial score (nSPS) is 24.8. The Morgan fingerprint density at radius 1 is 1.39 bits per heavy atom. The van der Waals surface area contributed by atoms with Crippen molar-refractivity contribution in [2.75, 3.05) is 11.5 Å². The maximum atomic E-state index is 3.80. The van der Waals surface area contributed by atoms with E-state index in [0.29, 0.717) is 17.5 Å². The summed E-state index contributed by atoms with van der Waals surface area (Å²) < 4.78 is 0. The van der Waals surface area contributed by atoms with E-state index >= 15 is 0 Å². The molecule has 1 N–H and O–H groups in total. The summed E-state index contributed by atoms with van der Waals surface area (Å²) in [7, 11) is 0. The molecule has 0 saturated carbocycles. The van der Waals surface area contributed by atoms with Gasteiger partial charge in [0.2, 0.25) is 0 Å². The quantitative estimate of drug-likeness (QED) is 0.878. The number of thioether (sulfide) groups is 1. The van der Waals surface area contributed by atoms with Gasteiger partial charge in [-0.3, -0.25) is 0 Å². The Morgan fingerprint density at radius 2 is 2.17 bits per heavy atom. The van der Waals surface area contributed by atoms with Gasteiger partial charge >= 0.3 is 0 Å². The third-order valence-electron chi connectivity index (χ3n) is 3.64. The Morgan fingerprint density at radius 3 is 2.83 bits per heavy atom. The summed E-state index contributed by atoms with van der Waals surface area (Å²) in [5.41, 5.74) is 3.23. The highest BCUT2D eigenvalue weighted by molar-refractivity contribution is 7.99. The van der Waals surface area contributed by atoms with E-state index in [1.807, 2.05) is 0 Å². The van der Waals surface area contributed by atoms with Crippen molar-refractivity contribution in [3.63, 3.8) is 0 Å². The minimum atomic E-state index is 0.449. The minimum Gasteiger partial charge on any atom is -0.307 e. The predicted octanol–water partition coefficient (Wildman–Crippen LogP) is 4.18. The van der Waals surface area contributed by atoms with Gasteiger partial charge in [-0.15, -0.1) is 0 Å². The molecule has 1 aliphatic heterocycles. The molecule has 1 aliphatic rings. The van der Waals surface area contributed by atoms with Gasteiger partial charge in [0.05, 0.1) is 0 Å². The predicted molar refractivity (Wildman–Crippen MR) is 82.2 cm³/mol. The summed E-state index contributed by atoms with van der Waals surface area (Å²) in [5, 5.41) is 3.80. The third-order valence-corrected chi connectivity index (χ3v) is 5.26. The van der Waals surface area contributed by atoms with E-state index in [9.17, 15) is 0 Å². The molecular formula is C16H25NS. The molecule has 100 valence electrons. The van der Waals surface area contributed by atoms with Crippen LogP contribution in [0.2, 0.25) is 0 Å². The molecule has 0 radical (unpaired) electrons. The van der Waals surface area contributed by atoms with Gasteiger partial charge in [0.25, 0.3) is 0 Å². The first-order chi connectivity index (χ1) is 8.46. The van der Waals surface area contributed by atoms with Gasteiger partial charge in [0.1, 0.15) is 0 Å². The molecule has 0 spiro atoms. The van der Waals surface area contributed by atoms with Crippen LogP contribution in [0, 0.1) is 12.3 Å². The smallest absolute Gasteiger partial charge is 0.0294 e. The lowest BCUT2D eigenvalue weighted by molar-refractivity contribution is 0.305. The van der Waals surface area contributed by atoms with E-state index in [0.717, 1.165) is 0 Å². The molecule has 2 atom stereocenters. The summed E-state index contributed by atoms with van der Waals surface area (Å²) >= 11 is 2.09. The maximum Gasteiger partial charge on any atom is 0.0294 e. The molecule has 1 fully saturated rings. The zero-order valence-corrected chi connectivity index (χ0v) is 12.8. The zero-order chi connectivity index (χ0) is 13.2. The first-order valence-corrected chi connectivity index (χ1v) is 8.02. The second kappa shape index (κ2) is 5.66. The van der Waals surface area contributed by atoms with E-state index in [4.69, 9.17) is 0 Å². The molecule has 1 heterocycles. The van der Waals surface area contributed by atoms with Crippen molar-refractivity contribution in [1.82, 2.24) is 5.32 Å². The minimum absolute atomic E-state index is 0.449. The molecule has 0 aliphatic carbocycles. The molecule has 2 rings (SSSR count). The number of nitrogens with one attached hydrogen (secondary N) is 1. The van der Waals surface area contributed by atoms with Crippen molar-refractivity contribution in [2.24, 2.45) is 5.41 Å². The fourth-order valence-electron chi connectivity index (χ4n) is 2.76. The molecule has 0 amide bonds. The monoisotopic (exact) mass is 263 g/mol. The van der Waals surface area contributed by atoms with Crippen LogP contribution >= 0.6 is 11.8 Å². The van der Waals surface area contributed by atoms with Gasteiger partial charge in [0.15, 0.2) is 0 Å². The molecule has 2 heteroatoms. The van der Waals surface area contributed by atoms with Gasteiger partial charge in [0, 0.05) is 17.8 Å². The molecule has 0 bridgehead atoms. The van der Waals surface area contributed by atoms with Gasteiger partial charge in [-0.25, -0.2) is 0 Å². The van der Waals surface area contributed by atoms with Crippen molar-refractivity contribution >= 4 is 11.8 Å². The Bertz CT molecular complexity index is 400. The molecule has 0 aromatic heterocycles. The van der Waals surface area contributed by atoms with Crippen LogP contribution < -0.4 is 5.32 Å². The molecule has 1 nitrogen and oxygen atoms in total. The van der Waals surface area contributed by atoms with Crippen LogP contribution in [0.25, 0.3) is 0 Å². The Labute approximate surface area is 116 Å². The number of rotatable bonds is 3. The van der Waals surface area contributed by atoms with Crippen molar-refractivity contribution < 1.29 is 0 Å². The van der Waals surface area contributed by atoms with E-state index in [1.54, 1.807) is 0 Å². The first kappa shape index (κ1) is 14.0. The molecular weight excluding hydrogens is 238 g/mol. The van der Waals surface area contributed by atoms with Crippen molar-refractivity contribution in [2.45, 2.75) is 46.2 Å². The van der Waals surface area contributed by atoms with Crippen LogP contribution in [0.5, 0.6) is 0 Å². The topological polar surface area (TPSA) is 12.0 Å². The summed E-state index contributed by atoms with van der Waals surface area (Å²) in [6, 6.07) is 9.93. The standard InChI is InChI=1S/C16H25NS/c1-12-6-5-7-14(8-12)13(2)17-15-9-16(3,4)11-18-10-15/h5-8,13,15,17H,9-11H2,1-4H3/t13-,15?/m1/s1. The van der Waals surface area contributed by atoms with Gasteiger partial charge < -0.3 is 5.32 Å². The lowest BCUT2D eigenvalue weighted by atomic mass is 9.87. The largest absolute Gasteiger partial charge is 0.307 e. The molecule has 1 unspecified atom stereocenters. The highest BCUT2D eigenvalue weighted by atomic mass is 32.2. The van der Waals surface area contributed by atoms with E-state index in [1.165, 1.54) is 29.1 Å². The summed E-state index contributed by atoms with van der Waals surface area (Å²) in [5.74, 6) is 2.55. The second-order valence-corrected chi connectivity index (χ2v) is 7.41. The fourth-order valence-corrected chi connectivity index (χ4v) is 4.05. The lowest BCUT2D eigenvalue weighted by Crippen LogP contribution is -2.41. The fraction of sp³-hybridized carbons (Fsp3) is 0.625. The van der Waals surface area contributed by atoms with Crippen LogP contribution in [-0.2, 0) is 0 Å². The lowest BCUT2D eigenvalue weighted by Gasteiger charge is -2.36. The highest BCUT2D eigenvalue weighted by Gasteiger charge is 2.29. The Kier molecular flexibility index (Phi) is 4.39. The highest BCUT2D eigenvalue weighted by Crippen LogP contribution is 2.34. The summed E-state index contributed by atoms with van der Waals surface area (Å²) in [6.45, 7) is 9.20. The van der Waals surface area contributed by atoms with Crippen molar-refractivity contribution in [3.8, 4) is 0 Å². The van der Waals surface area contributed by atoms with Crippen LogP contribution in [0.1, 0.15) is 44.4 Å². The molecule has 18 heavy (non-hydrogen) atoms. The molecule has 1 saturated heterocycles. The van der Waals surface area contributed by atoms with Gasteiger partial charge in [-0.1, -0.05) is 43.7 Å². The second-order valence-electron chi connectivity index (χ2n) is 6.38. The average Bonchev–Trinajstić information content (AvgIpc) is 2.27. The van der Waals surface area contributed by atoms with Gasteiger partial charge in [-0.2, -0.15) is 11.8 Å². The SMILES string of the molecule is Cc1cccc([C@@H](C)NC2CSCC(C)(C)C2)c1. The zero-order valence-electron chi connectivity index (χ0n) is 12.0. The van der Waals surface area contributed by atoms with Crippen LogP contribution in [0.4, 0.5) is 0 Å². The van der Waals surface area contributed by atoms with Crippen molar-refractivity contribution in [3.05, 3.63) is 35.4 Å². The Balaban J connectivity index is 1.97. The number of hydrogen-bond donors (Lipinski definition) is 1. The molecule has 1 aromatic carbocycles. The first-order valence-electron chi connectivity index (χ1n) is 6.87. The number of aryl methyl sites for hydroxylation is 1. The third kappa shape index (κ3) is 3.76. The van der Waals surface area contributed by atoms with Gasteiger partial charge in [-0.05, 0) is 37.0 Å². The average molecular weight is 263 g/mol. The number of benzene rings is 1. The van der Waals surface area contributed by atoms with Crippen LogP contribution in [0.15, 0.2) is 24.3 Å². The van der Waals surface area contributed by atoms with E-state index < -0.39 is 0 Å². The molecule has 1 aromatic rings. The van der Waals surface area contributed by atoms with Crippen LogP contribution in [0.3, 0.4) is 0 Å². The maximum absolute atomic E-state index is 3.80. The summed E-state index contributed by atoms with van der Waals surface area (Å²) in [6.07, 6.45) is 1.29.